The van der Waals surface area contributed by atoms with Crippen LogP contribution in [0, 0.1) is 5.92 Å². The molecule has 0 unspecified atom stereocenters. The topological polar surface area (TPSA) is 49.2 Å². The maximum absolute atomic E-state index is 9.01. The molecule has 1 aromatic carbocycles. The van der Waals surface area contributed by atoms with Gasteiger partial charge < -0.3 is 10.0 Å². The van der Waals surface area contributed by atoms with Crippen molar-refractivity contribution in [2.75, 3.05) is 24.6 Å². The summed E-state index contributed by atoms with van der Waals surface area (Å²) in [5.74, 6) is 0.409. The molecule has 1 aromatic heterocycles. The van der Waals surface area contributed by atoms with Gasteiger partial charge in [-0.2, -0.15) is 10.2 Å². The van der Waals surface area contributed by atoms with Gasteiger partial charge in [0.2, 0.25) is 0 Å². The van der Waals surface area contributed by atoms with Crippen LogP contribution in [0.2, 0.25) is 0 Å². The molecule has 1 aliphatic rings. The van der Waals surface area contributed by atoms with Crippen LogP contribution in [0.15, 0.2) is 30.5 Å². The van der Waals surface area contributed by atoms with E-state index < -0.39 is 0 Å². The highest BCUT2D eigenvalue weighted by atomic mass is 16.3. The number of hydrogen-bond donors (Lipinski definition) is 1. The van der Waals surface area contributed by atoms with Crippen LogP contribution in [-0.4, -0.2) is 35.0 Å². The Balaban J connectivity index is 1.98. The molecule has 0 aliphatic carbocycles. The van der Waals surface area contributed by atoms with E-state index in [9.17, 15) is 0 Å². The number of anilines is 1. The molecule has 4 nitrogen and oxygen atoms in total. The lowest BCUT2D eigenvalue weighted by molar-refractivity contribution is 0.201. The summed E-state index contributed by atoms with van der Waals surface area (Å²) >= 11 is 0. The zero-order valence-electron chi connectivity index (χ0n) is 8.87. The number of rotatable bonds is 2. The summed E-state index contributed by atoms with van der Waals surface area (Å²) in [6, 6.07) is 8.00. The lowest BCUT2D eigenvalue weighted by atomic mass is 10.00. The van der Waals surface area contributed by atoms with Crippen LogP contribution in [0.4, 0.5) is 5.69 Å². The summed E-state index contributed by atoms with van der Waals surface area (Å²) in [4.78, 5) is 2.23. The van der Waals surface area contributed by atoms with Gasteiger partial charge in [0.05, 0.1) is 17.4 Å². The number of nitrogens with zero attached hydrogens (tertiary/aromatic N) is 3. The first kappa shape index (κ1) is 9.54. The first-order chi connectivity index (χ1) is 7.88. The van der Waals surface area contributed by atoms with Crippen molar-refractivity contribution in [3.63, 3.8) is 0 Å². The molecule has 0 atom stereocenters. The minimum atomic E-state index is 0.271. The Hall–Kier alpha value is -1.68. The zero-order valence-corrected chi connectivity index (χ0v) is 8.87. The molecule has 0 spiro atoms. The highest BCUT2D eigenvalue weighted by Gasteiger charge is 2.27. The molecular formula is C12H13N3O. The maximum Gasteiger partial charge on any atom is 0.0950 e. The van der Waals surface area contributed by atoms with E-state index in [2.05, 4.69) is 21.2 Å². The molecule has 0 radical (unpaired) electrons. The van der Waals surface area contributed by atoms with E-state index in [1.54, 1.807) is 6.20 Å². The van der Waals surface area contributed by atoms with Crippen molar-refractivity contribution in [3.8, 4) is 0 Å². The molecule has 2 heterocycles. The standard InChI is InChI=1S/C12H13N3O/c16-8-9-6-15(7-9)12-5-13-14-11-4-2-1-3-10(11)12/h1-5,9,16H,6-8H2. The molecule has 4 heteroatoms. The first-order valence-corrected chi connectivity index (χ1v) is 5.44. The van der Waals surface area contributed by atoms with Gasteiger partial charge in [0.15, 0.2) is 0 Å². The summed E-state index contributed by atoms with van der Waals surface area (Å²) in [6.07, 6.45) is 1.80. The van der Waals surface area contributed by atoms with Gasteiger partial charge in [-0.3, -0.25) is 0 Å². The number of aromatic nitrogens is 2. The molecule has 1 aliphatic heterocycles. The lowest BCUT2D eigenvalue weighted by Crippen LogP contribution is -2.48. The Morgan fingerprint density at radius 3 is 2.94 bits per heavy atom. The van der Waals surface area contributed by atoms with Gasteiger partial charge in [-0.05, 0) is 6.07 Å². The Kier molecular flexibility index (Phi) is 2.22. The zero-order chi connectivity index (χ0) is 11.0. The van der Waals surface area contributed by atoms with Crippen LogP contribution in [0.3, 0.4) is 0 Å². The highest BCUT2D eigenvalue weighted by molar-refractivity contribution is 5.91. The summed E-state index contributed by atoms with van der Waals surface area (Å²) in [7, 11) is 0. The Bertz CT molecular complexity index is 503. The molecule has 82 valence electrons. The van der Waals surface area contributed by atoms with Crippen molar-refractivity contribution in [2.24, 2.45) is 5.92 Å². The van der Waals surface area contributed by atoms with E-state index in [0.29, 0.717) is 5.92 Å². The molecule has 1 N–H and O–H groups in total. The molecule has 3 rings (SSSR count). The van der Waals surface area contributed by atoms with Crippen LogP contribution in [0.1, 0.15) is 0 Å². The summed E-state index contributed by atoms with van der Waals surface area (Å²) < 4.78 is 0. The van der Waals surface area contributed by atoms with Crippen LogP contribution in [-0.2, 0) is 0 Å². The Morgan fingerprint density at radius 1 is 1.31 bits per heavy atom. The van der Waals surface area contributed by atoms with Gasteiger partial charge in [0, 0.05) is 31.0 Å². The molecule has 0 saturated carbocycles. The molecule has 16 heavy (non-hydrogen) atoms. The van der Waals surface area contributed by atoms with Crippen molar-refractivity contribution in [2.45, 2.75) is 0 Å². The molecule has 1 fully saturated rings. The number of fused-ring (bicyclic) bond motifs is 1. The first-order valence-electron chi connectivity index (χ1n) is 5.44. The van der Waals surface area contributed by atoms with Crippen LogP contribution in [0.5, 0.6) is 0 Å². The highest BCUT2D eigenvalue weighted by Crippen LogP contribution is 2.29. The molecule has 1 saturated heterocycles. The smallest absolute Gasteiger partial charge is 0.0950 e. The maximum atomic E-state index is 9.01. The number of hydrogen-bond acceptors (Lipinski definition) is 4. The fourth-order valence-electron chi connectivity index (χ4n) is 2.13. The monoisotopic (exact) mass is 215 g/mol. The fraction of sp³-hybridized carbons (Fsp3) is 0.333. The fourth-order valence-corrected chi connectivity index (χ4v) is 2.13. The van der Waals surface area contributed by atoms with Crippen LogP contribution in [0.25, 0.3) is 10.9 Å². The minimum Gasteiger partial charge on any atom is -0.396 e. The average molecular weight is 215 g/mol. The third-order valence-corrected chi connectivity index (χ3v) is 3.08. The van der Waals surface area contributed by atoms with Gasteiger partial charge >= 0.3 is 0 Å². The van der Waals surface area contributed by atoms with Gasteiger partial charge in [-0.25, -0.2) is 0 Å². The number of aliphatic hydroxyl groups is 1. The summed E-state index contributed by atoms with van der Waals surface area (Å²) in [5.41, 5.74) is 2.04. The summed E-state index contributed by atoms with van der Waals surface area (Å²) in [6.45, 7) is 2.09. The van der Waals surface area contributed by atoms with Gasteiger partial charge in [0.1, 0.15) is 0 Å². The normalized spacial score (nSPS) is 16.4. The number of aliphatic hydroxyl groups excluding tert-OH is 1. The molecule has 2 aromatic rings. The van der Waals surface area contributed by atoms with Gasteiger partial charge in [0.25, 0.3) is 0 Å². The SMILES string of the molecule is OCC1CN(c2cnnc3ccccc23)C1. The average Bonchev–Trinajstić information content (AvgIpc) is 2.28. The van der Waals surface area contributed by atoms with Crippen molar-refractivity contribution in [1.82, 2.24) is 10.2 Å². The van der Waals surface area contributed by atoms with Crippen molar-refractivity contribution in [1.29, 1.82) is 0 Å². The van der Waals surface area contributed by atoms with E-state index in [1.807, 2.05) is 18.2 Å². The Labute approximate surface area is 93.5 Å². The molecule has 0 bridgehead atoms. The van der Waals surface area contributed by atoms with Crippen molar-refractivity contribution >= 4 is 16.6 Å². The van der Waals surface area contributed by atoms with E-state index in [4.69, 9.17) is 5.11 Å². The van der Waals surface area contributed by atoms with E-state index >= 15 is 0 Å². The quantitative estimate of drug-likeness (QED) is 0.813. The van der Waals surface area contributed by atoms with Crippen molar-refractivity contribution in [3.05, 3.63) is 30.5 Å². The van der Waals surface area contributed by atoms with Crippen LogP contribution < -0.4 is 4.90 Å². The summed E-state index contributed by atoms with van der Waals surface area (Å²) in [5, 5.41) is 18.3. The number of benzene rings is 1. The lowest BCUT2D eigenvalue weighted by Gasteiger charge is -2.40. The largest absolute Gasteiger partial charge is 0.396 e. The molecule has 0 amide bonds. The Morgan fingerprint density at radius 2 is 2.12 bits per heavy atom. The third-order valence-electron chi connectivity index (χ3n) is 3.08. The van der Waals surface area contributed by atoms with E-state index in [-0.39, 0.29) is 6.61 Å². The van der Waals surface area contributed by atoms with Gasteiger partial charge in [-0.15, -0.1) is 0 Å². The predicted molar refractivity (Wildman–Crippen MR) is 62.3 cm³/mol. The van der Waals surface area contributed by atoms with Gasteiger partial charge in [-0.1, -0.05) is 18.2 Å². The molecular weight excluding hydrogens is 202 g/mol. The predicted octanol–water partition coefficient (Wildman–Crippen LogP) is 1.06. The third kappa shape index (κ3) is 1.42. The van der Waals surface area contributed by atoms with E-state index in [1.165, 1.54) is 0 Å². The second-order valence-corrected chi connectivity index (χ2v) is 4.20. The second-order valence-electron chi connectivity index (χ2n) is 4.20. The van der Waals surface area contributed by atoms with Crippen molar-refractivity contribution < 1.29 is 5.11 Å². The second kappa shape index (κ2) is 3.72. The minimum absolute atomic E-state index is 0.271. The van der Waals surface area contributed by atoms with Crippen LogP contribution >= 0.6 is 0 Å². The van der Waals surface area contributed by atoms with E-state index in [0.717, 1.165) is 29.7 Å².